The van der Waals surface area contributed by atoms with Gasteiger partial charge in [-0.05, 0) is 90.9 Å². The van der Waals surface area contributed by atoms with Crippen molar-refractivity contribution in [2.24, 2.45) is 30.9 Å². The maximum absolute atomic E-state index is 6.27. The molecule has 59 heavy (non-hydrogen) atoms. The molecule has 3 aliphatic carbocycles. The largest absolute Gasteiger partial charge is 2.00 e. The summed E-state index contributed by atoms with van der Waals surface area (Å²) in [6.07, 6.45) is 15.4. The van der Waals surface area contributed by atoms with Crippen LogP contribution in [0.25, 0.3) is 0 Å². The van der Waals surface area contributed by atoms with Gasteiger partial charge in [-0.1, -0.05) is 107 Å². The maximum atomic E-state index is 6.27. The monoisotopic (exact) mass is 838 g/mol. The van der Waals surface area contributed by atoms with Crippen LogP contribution in [0, 0.1) is 13.8 Å². The summed E-state index contributed by atoms with van der Waals surface area (Å²) in [4.78, 5) is 8.33. The zero-order valence-electron chi connectivity index (χ0n) is 33.4. The second-order valence-electron chi connectivity index (χ2n) is 14.6. The summed E-state index contributed by atoms with van der Waals surface area (Å²) in [5, 5.41) is 27.4. The SMILES string of the molecule is Cc1ccccc1.Cc1ccccc1.[Fe+2].c1cc([B-]23O/N=C4\CCCC\C4=N/O[B-](c4ccncc4)(O/N=C4\CCCC\C4=N/O2)O/N=C2\CCCC\C2=N/O3)ccn1. The molecule has 0 spiro atoms. The van der Waals surface area contributed by atoms with Gasteiger partial charge in [0.15, 0.2) is 0 Å². The molecular formula is C42H48B2FeN8O6. The van der Waals surface area contributed by atoms with Crippen LogP contribution in [0.4, 0.5) is 0 Å². The Kier molecular flexibility index (Phi) is 15.4. The van der Waals surface area contributed by atoms with Gasteiger partial charge in [0.05, 0.1) is 34.3 Å². The van der Waals surface area contributed by atoms with E-state index in [2.05, 4.69) is 79.0 Å². The predicted octanol–water partition coefficient (Wildman–Crippen LogP) is 7.44. The summed E-state index contributed by atoms with van der Waals surface area (Å²) in [7, 11) is 0. The van der Waals surface area contributed by atoms with E-state index >= 15 is 0 Å². The van der Waals surface area contributed by atoms with Gasteiger partial charge in [-0.2, -0.15) is 0 Å². The molecule has 4 aromatic rings. The van der Waals surface area contributed by atoms with Crippen LogP contribution in [-0.2, 0) is 45.6 Å². The molecule has 2 aromatic carbocycles. The third kappa shape index (κ3) is 11.5. The van der Waals surface area contributed by atoms with Gasteiger partial charge in [0, 0.05) is 24.8 Å². The Labute approximate surface area is 355 Å². The minimum atomic E-state index is -2.89. The van der Waals surface area contributed by atoms with Gasteiger partial charge in [0.25, 0.3) is 0 Å². The maximum Gasteiger partial charge on any atom is 2.00 e. The molecule has 2 aromatic heterocycles. The normalized spacial score (nSPS) is 27.6. The second kappa shape index (κ2) is 21.3. The number of benzene rings is 2. The average molecular weight is 838 g/mol. The van der Waals surface area contributed by atoms with Crippen molar-refractivity contribution in [1.29, 1.82) is 0 Å². The van der Waals surface area contributed by atoms with Crippen molar-refractivity contribution in [3.05, 3.63) is 121 Å². The number of oxime groups is 6. The van der Waals surface area contributed by atoms with E-state index in [0.29, 0.717) is 83.7 Å². The van der Waals surface area contributed by atoms with Crippen molar-refractivity contribution in [2.45, 2.75) is 90.9 Å². The Morgan fingerprint density at radius 1 is 0.356 bits per heavy atom. The van der Waals surface area contributed by atoms with E-state index in [0.717, 1.165) is 38.5 Å². The minimum Gasteiger partial charge on any atom is -0.536 e. The van der Waals surface area contributed by atoms with Crippen LogP contribution in [0.5, 0.6) is 0 Å². The van der Waals surface area contributed by atoms with Gasteiger partial charge in [-0.3, -0.25) is 9.97 Å². The fourth-order valence-electron chi connectivity index (χ4n) is 6.76. The second-order valence-corrected chi connectivity index (χ2v) is 14.6. The van der Waals surface area contributed by atoms with Gasteiger partial charge in [-0.15, -0.1) is 30.9 Å². The molecule has 6 aliphatic rings. The summed E-state index contributed by atoms with van der Waals surface area (Å²) in [5.41, 5.74) is 7.09. The number of rotatable bonds is 2. The minimum absolute atomic E-state index is 0. The van der Waals surface area contributed by atoms with E-state index < -0.39 is 13.5 Å². The molecule has 17 heteroatoms. The fraction of sp³-hybridized carbons (Fsp3) is 0.333. The van der Waals surface area contributed by atoms with Crippen molar-refractivity contribution in [2.75, 3.05) is 0 Å². The van der Waals surface area contributed by atoms with Crippen LogP contribution in [0.2, 0.25) is 0 Å². The van der Waals surface area contributed by atoms with Crippen LogP contribution >= 0.6 is 0 Å². The van der Waals surface area contributed by atoms with Crippen molar-refractivity contribution in [1.82, 2.24) is 9.97 Å². The zero-order chi connectivity index (χ0) is 39.9. The van der Waals surface area contributed by atoms with Gasteiger partial charge >= 0.3 is 30.6 Å². The van der Waals surface area contributed by atoms with Gasteiger partial charge in [-0.25, -0.2) is 0 Å². The van der Waals surface area contributed by atoms with Gasteiger partial charge in [0.2, 0.25) is 0 Å². The molecule has 0 radical (unpaired) electrons. The van der Waals surface area contributed by atoms with E-state index in [1.54, 1.807) is 49.1 Å². The van der Waals surface area contributed by atoms with E-state index in [4.69, 9.17) is 28.5 Å². The summed E-state index contributed by atoms with van der Waals surface area (Å²) < 4.78 is 37.6. The summed E-state index contributed by atoms with van der Waals surface area (Å²) in [6, 6.07) is 27.4. The molecule has 0 saturated heterocycles. The number of hydrogen-bond donors (Lipinski definition) is 0. The molecule has 3 aliphatic heterocycles. The van der Waals surface area contributed by atoms with Crippen LogP contribution in [0.1, 0.15) is 88.2 Å². The third-order valence-corrected chi connectivity index (χ3v) is 10.2. The Bertz CT molecular complexity index is 1870. The molecule has 3 saturated carbocycles. The molecule has 0 unspecified atom stereocenters. The van der Waals surface area contributed by atoms with Crippen LogP contribution < -0.4 is 10.9 Å². The van der Waals surface area contributed by atoms with Gasteiger partial charge in [0.1, 0.15) is 0 Å². The Balaban J connectivity index is 0.000000329. The molecular weight excluding hydrogens is 790 g/mol. The first-order valence-electron chi connectivity index (χ1n) is 20.1. The number of fused-ring (bicyclic) bond motifs is 6. The first-order chi connectivity index (χ1) is 28.5. The molecule has 5 heterocycles. The summed E-state index contributed by atoms with van der Waals surface area (Å²) in [6.45, 7) is -1.62. The van der Waals surface area contributed by atoms with E-state index in [-0.39, 0.29) is 17.1 Å². The number of pyridine rings is 2. The zero-order valence-corrected chi connectivity index (χ0v) is 34.5. The first kappa shape index (κ1) is 42.8. The third-order valence-electron chi connectivity index (χ3n) is 10.2. The molecule has 2 bridgehead atoms. The quantitative estimate of drug-likeness (QED) is 0.189. The van der Waals surface area contributed by atoms with Crippen molar-refractivity contribution < 1.29 is 45.6 Å². The summed E-state index contributed by atoms with van der Waals surface area (Å²) in [5.74, 6) is 0. The van der Waals surface area contributed by atoms with E-state index in [1.807, 2.05) is 36.4 Å². The molecule has 0 N–H and O–H groups in total. The Morgan fingerprint density at radius 3 is 0.797 bits per heavy atom. The number of aryl methyl sites for hydroxylation is 2. The number of aromatic nitrogens is 2. The molecule has 306 valence electrons. The average Bonchev–Trinajstić information content (AvgIpc) is 3.28. The van der Waals surface area contributed by atoms with Crippen molar-refractivity contribution in [3.63, 3.8) is 0 Å². The molecule has 3 fully saturated rings. The van der Waals surface area contributed by atoms with Crippen LogP contribution in [0.3, 0.4) is 0 Å². The molecule has 14 nitrogen and oxygen atoms in total. The van der Waals surface area contributed by atoms with Gasteiger partial charge < -0.3 is 28.5 Å². The predicted molar refractivity (Wildman–Crippen MR) is 228 cm³/mol. The molecule has 0 atom stereocenters. The number of hydrogen-bond acceptors (Lipinski definition) is 14. The van der Waals surface area contributed by atoms with Crippen LogP contribution in [-0.4, -0.2) is 57.7 Å². The van der Waals surface area contributed by atoms with E-state index in [1.165, 1.54) is 11.1 Å². The topological polar surface area (TPSA) is 155 Å². The molecule has 10 rings (SSSR count). The first-order valence-corrected chi connectivity index (χ1v) is 20.1. The molecule has 0 amide bonds. The fourth-order valence-corrected chi connectivity index (χ4v) is 6.76. The smallest absolute Gasteiger partial charge is 0.536 e. The van der Waals surface area contributed by atoms with Crippen molar-refractivity contribution in [3.8, 4) is 0 Å². The van der Waals surface area contributed by atoms with Crippen molar-refractivity contribution >= 4 is 58.7 Å². The van der Waals surface area contributed by atoms with E-state index in [9.17, 15) is 0 Å². The number of nitrogens with zero attached hydrogens (tertiary/aromatic N) is 8. The Hall–Kier alpha value is -5.79. The summed E-state index contributed by atoms with van der Waals surface area (Å²) >= 11 is 0. The Morgan fingerprint density at radius 2 is 0.593 bits per heavy atom. The standard InChI is InChI=1S/C28H32B2N8O6.2C7H8.Fe/c1-2-8-24-23(7-1)33-39-29(21-13-17-31-18-14-21)41-35-25-9-3-5-11-27(25)37-43-30(40-34-24,22-15-19-32-20-16-22)44-38-28-12-6-4-10-26(28)36-42-29;2*1-7-5-3-2-4-6-7;/h13-20H,1-12H2;2*2-6H,1H3;/q-2;;;+2/b33-23+,34-24+,35-25+,36-26+,37-27+,38-28+;;;. The van der Waals surface area contributed by atoms with Crippen LogP contribution in [0.15, 0.2) is 141 Å².